The van der Waals surface area contributed by atoms with E-state index in [4.69, 9.17) is 10.5 Å². The Balaban J connectivity index is 2.04. The Morgan fingerprint density at radius 1 is 1.14 bits per heavy atom. The molecule has 0 amide bonds. The van der Waals surface area contributed by atoms with Crippen LogP contribution in [0.25, 0.3) is 10.9 Å². The molecule has 0 fully saturated rings. The average molecular weight is 343 g/mol. The van der Waals surface area contributed by atoms with Gasteiger partial charge in [0.05, 0.1) is 5.52 Å². The summed E-state index contributed by atoms with van der Waals surface area (Å²) in [6.07, 6.45) is 0. The SMILES string of the molecule is Cc1cc(Br)ccc1Oc1cc(CN)c2ccccc2n1. The Hall–Kier alpha value is -1.91. The summed E-state index contributed by atoms with van der Waals surface area (Å²) in [7, 11) is 0. The third-order valence-electron chi connectivity index (χ3n) is 3.35. The lowest BCUT2D eigenvalue weighted by molar-refractivity contribution is 0.461. The van der Waals surface area contributed by atoms with Gasteiger partial charge in [-0.1, -0.05) is 34.1 Å². The molecule has 2 N–H and O–H groups in total. The molecular weight excluding hydrogens is 328 g/mol. The fourth-order valence-electron chi connectivity index (χ4n) is 2.28. The molecule has 4 heteroatoms. The van der Waals surface area contributed by atoms with Gasteiger partial charge in [0.2, 0.25) is 5.88 Å². The molecular formula is C17H15BrN2O. The highest BCUT2D eigenvalue weighted by atomic mass is 79.9. The van der Waals surface area contributed by atoms with Crippen molar-refractivity contribution in [2.75, 3.05) is 0 Å². The molecule has 3 rings (SSSR count). The van der Waals surface area contributed by atoms with Crippen molar-refractivity contribution in [3.63, 3.8) is 0 Å². The first-order valence-electron chi connectivity index (χ1n) is 6.70. The monoisotopic (exact) mass is 342 g/mol. The van der Waals surface area contributed by atoms with Crippen molar-refractivity contribution in [2.24, 2.45) is 5.73 Å². The van der Waals surface area contributed by atoms with Gasteiger partial charge in [-0.3, -0.25) is 0 Å². The molecule has 0 saturated carbocycles. The van der Waals surface area contributed by atoms with Gasteiger partial charge in [-0.2, -0.15) is 0 Å². The van der Waals surface area contributed by atoms with Gasteiger partial charge in [-0.25, -0.2) is 4.98 Å². The number of nitrogens with two attached hydrogens (primary N) is 1. The number of rotatable bonds is 3. The molecule has 21 heavy (non-hydrogen) atoms. The molecule has 0 aliphatic rings. The van der Waals surface area contributed by atoms with Gasteiger partial charge < -0.3 is 10.5 Å². The molecule has 1 heterocycles. The van der Waals surface area contributed by atoms with Gasteiger partial charge in [0, 0.05) is 22.5 Å². The van der Waals surface area contributed by atoms with E-state index in [0.29, 0.717) is 12.4 Å². The van der Waals surface area contributed by atoms with Crippen LogP contribution in [0.5, 0.6) is 11.6 Å². The summed E-state index contributed by atoms with van der Waals surface area (Å²) in [5.41, 5.74) is 8.81. The second-order valence-corrected chi connectivity index (χ2v) is 5.77. The zero-order chi connectivity index (χ0) is 14.8. The lowest BCUT2D eigenvalue weighted by Gasteiger charge is -2.11. The molecule has 3 nitrogen and oxygen atoms in total. The molecule has 0 atom stereocenters. The maximum atomic E-state index is 5.93. The summed E-state index contributed by atoms with van der Waals surface area (Å²) < 4.78 is 6.96. The van der Waals surface area contributed by atoms with Crippen LogP contribution in [0.2, 0.25) is 0 Å². The lowest BCUT2D eigenvalue weighted by atomic mass is 10.1. The van der Waals surface area contributed by atoms with Crippen LogP contribution in [0.3, 0.4) is 0 Å². The minimum atomic E-state index is 0.457. The zero-order valence-corrected chi connectivity index (χ0v) is 13.2. The normalized spacial score (nSPS) is 10.8. The third kappa shape index (κ3) is 2.91. The minimum Gasteiger partial charge on any atom is -0.439 e. The lowest BCUT2D eigenvalue weighted by Crippen LogP contribution is -2.00. The fraction of sp³-hybridized carbons (Fsp3) is 0.118. The first kappa shape index (κ1) is 14.0. The van der Waals surface area contributed by atoms with E-state index in [9.17, 15) is 0 Å². The smallest absolute Gasteiger partial charge is 0.220 e. The predicted molar refractivity (Wildman–Crippen MR) is 88.6 cm³/mol. The molecule has 106 valence electrons. The average Bonchev–Trinajstić information content (AvgIpc) is 2.49. The van der Waals surface area contributed by atoms with Gasteiger partial charge in [0.15, 0.2) is 0 Å². The van der Waals surface area contributed by atoms with Crippen LogP contribution in [-0.2, 0) is 6.54 Å². The summed E-state index contributed by atoms with van der Waals surface area (Å²) >= 11 is 3.45. The number of ether oxygens (including phenoxy) is 1. The molecule has 1 aromatic heterocycles. The second kappa shape index (κ2) is 5.84. The molecule has 0 saturated heterocycles. The number of para-hydroxylation sites is 1. The number of hydrogen-bond donors (Lipinski definition) is 1. The van der Waals surface area contributed by atoms with E-state index < -0.39 is 0 Å². The van der Waals surface area contributed by atoms with Gasteiger partial charge in [0.1, 0.15) is 5.75 Å². The summed E-state index contributed by atoms with van der Waals surface area (Å²) in [6, 6.07) is 15.7. The van der Waals surface area contributed by atoms with Gasteiger partial charge in [0.25, 0.3) is 0 Å². The highest BCUT2D eigenvalue weighted by Crippen LogP contribution is 2.29. The van der Waals surface area contributed by atoms with Gasteiger partial charge in [-0.15, -0.1) is 0 Å². The van der Waals surface area contributed by atoms with Crippen molar-refractivity contribution in [3.05, 3.63) is 64.1 Å². The Bertz CT molecular complexity index is 802. The minimum absolute atomic E-state index is 0.457. The van der Waals surface area contributed by atoms with E-state index >= 15 is 0 Å². The number of hydrogen-bond acceptors (Lipinski definition) is 3. The Morgan fingerprint density at radius 3 is 2.71 bits per heavy atom. The van der Waals surface area contributed by atoms with Crippen molar-refractivity contribution in [1.82, 2.24) is 4.98 Å². The quantitative estimate of drug-likeness (QED) is 0.759. The molecule has 0 unspecified atom stereocenters. The number of aryl methyl sites for hydroxylation is 1. The van der Waals surface area contributed by atoms with Crippen molar-refractivity contribution >= 4 is 26.8 Å². The second-order valence-electron chi connectivity index (χ2n) is 4.85. The van der Waals surface area contributed by atoms with Crippen LogP contribution in [-0.4, -0.2) is 4.98 Å². The number of pyridine rings is 1. The van der Waals surface area contributed by atoms with Crippen LogP contribution in [0.4, 0.5) is 0 Å². The Kier molecular flexibility index (Phi) is 3.90. The molecule has 0 aliphatic heterocycles. The number of benzene rings is 2. The zero-order valence-electron chi connectivity index (χ0n) is 11.6. The highest BCUT2D eigenvalue weighted by Gasteiger charge is 2.08. The number of halogens is 1. The van der Waals surface area contributed by atoms with Crippen LogP contribution in [0.1, 0.15) is 11.1 Å². The van der Waals surface area contributed by atoms with Crippen molar-refractivity contribution in [2.45, 2.75) is 13.5 Å². The van der Waals surface area contributed by atoms with E-state index in [2.05, 4.69) is 20.9 Å². The standard InChI is InChI=1S/C17H15BrN2O/c1-11-8-13(18)6-7-16(11)21-17-9-12(10-19)14-4-2-3-5-15(14)20-17/h2-9H,10,19H2,1H3. The molecule has 0 bridgehead atoms. The third-order valence-corrected chi connectivity index (χ3v) is 3.84. The first-order valence-corrected chi connectivity index (χ1v) is 7.49. The van der Waals surface area contributed by atoms with E-state index in [1.165, 1.54) is 0 Å². The molecule has 3 aromatic rings. The Morgan fingerprint density at radius 2 is 1.95 bits per heavy atom. The maximum absolute atomic E-state index is 5.93. The van der Waals surface area contributed by atoms with E-state index in [0.717, 1.165) is 32.3 Å². The van der Waals surface area contributed by atoms with Gasteiger partial charge >= 0.3 is 0 Å². The van der Waals surface area contributed by atoms with Crippen LogP contribution < -0.4 is 10.5 Å². The fourth-order valence-corrected chi connectivity index (χ4v) is 2.76. The number of fused-ring (bicyclic) bond motifs is 1. The molecule has 0 aliphatic carbocycles. The first-order chi connectivity index (χ1) is 10.2. The topological polar surface area (TPSA) is 48.1 Å². The molecule has 0 spiro atoms. The largest absolute Gasteiger partial charge is 0.439 e. The summed E-state index contributed by atoms with van der Waals surface area (Å²) in [5.74, 6) is 1.36. The van der Waals surface area contributed by atoms with Crippen LogP contribution in [0.15, 0.2) is 53.0 Å². The number of nitrogens with zero attached hydrogens (tertiary/aromatic N) is 1. The van der Waals surface area contributed by atoms with E-state index in [-0.39, 0.29) is 0 Å². The molecule has 2 aromatic carbocycles. The number of aromatic nitrogens is 1. The van der Waals surface area contributed by atoms with Crippen molar-refractivity contribution in [1.29, 1.82) is 0 Å². The Labute approximate surface area is 131 Å². The van der Waals surface area contributed by atoms with Crippen LogP contribution in [0, 0.1) is 6.92 Å². The van der Waals surface area contributed by atoms with Crippen molar-refractivity contribution in [3.8, 4) is 11.6 Å². The summed E-state index contributed by atoms with van der Waals surface area (Å²) in [4.78, 5) is 4.55. The highest BCUT2D eigenvalue weighted by molar-refractivity contribution is 9.10. The van der Waals surface area contributed by atoms with E-state index in [1.54, 1.807) is 0 Å². The van der Waals surface area contributed by atoms with Crippen molar-refractivity contribution < 1.29 is 4.74 Å². The van der Waals surface area contributed by atoms with E-state index in [1.807, 2.05) is 55.5 Å². The molecule has 0 radical (unpaired) electrons. The predicted octanol–water partition coefficient (Wildman–Crippen LogP) is 4.56. The summed E-state index contributed by atoms with van der Waals surface area (Å²) in [6.45, 7) is 2.46. The summed E-state index contributed by atoms with van der Waals surface area (Å²) in [5, 5.41) is 1.07. The van der Waals surface area contributed by atoms with Gasteiger partial charge in [-0.05, 0) is 42.3 Å². The van der Waals surface area contributed by atoms with Crippen LogP contribution >= 0.6 is 15.9 Å². The maximum Gasteiger partial charge on any atom is 0.220 e.